The van der Waals surface area contributed by atoms with Crippen LogP contribution < -0.4 is 5.32 Å². The third kappa shape index (κ3) is 5.41. The van der Waals surface area contributed by atoms with Gasteiger partial charge >= 0.3 is 11.9 Å². The molecule has 3 aromatic rings. The van der Waals surface area contributed by atoms with E-state index < -0.39 is 24.0 Å². The lowest BCUT2D eigenvalue weighted by Gasteiger charge is -2.42. The minimum atomic E-state index is -1.45. The summed E-state index contributed by atoms with van der Waals surface area (Å²) in [5.41, 5.74) is 2.90. The molecule has 0 aliphatic carbocycles. The highest BCUT2D eigenvalue weighted by Gasteiger charge is 2.49. The van der Waals surface area contributed by atoms with Gasteiger partial charge in [-0.2, -0.15) is 0 Å². The molecule has 1 aromatic heterocycles. The molecule has 0 bridgehead atoms. The predicted molar refractivity (Wildman–Crippen MR) is 131 cm³/mol. The maximum absolute atomic E-state index is 12.2. The van der Waals surface area contributed by atoms with Crippen LogP contribution in [-0.2, 0) is 30.2 Å². The summed E-state index contributed by atoms with van der Waals surface area (Å²) in [6.07, 6.45) is 3.15. The van der Waals surface area contributed by atoms with Gasteiger partial charge in [0.15, 0.2) is 0 Å². The van der Waals surface area contributed by atoms with Gasteiger partial charge in [-0.05, 0) is 41.5 Å². The van der Waals surface area contributed by atoms with Crippen LogP contribution in [0.2, 0.25) is 5.02 Å². The average Bonchev–Trinajstić information content (AvgIpc) is 2.86. The van der Waals surface area contributed by atoms with Crippen LogP contribution in [0.3, 0.4) is 0 Å². The van der Waals surface area contributed by atoms with Crippen LogP contribution in [0.5, 0.6) is 0 Å². The molecule has 2 aliphatic heterocycles. The average molecular weight is 509 g/mol. The lowest BCUT2D eigenvalue weighted by Crippen LogP contribution is -2.63. The quantitative estimate of drug-likeness (QED) is 0.508. The topological polar surface area (TPSA) is 86.8 Å². The van der Waals surface area contributed by atoms with Gasteiger partial charge in [-0.25, -0.2) is 14.6 Å². The fourth-order valence-electron chi connectivity index (χ4n) is 3.93. The van der Waals surface area contributed by atoms with E-state index in [2.05, 4.69) is 10.3 Å². The zero-order valence-electron chi connectivity index (χ0n) is 18.5. The molecule has 7 nitrogen and oxygen atoms in total. The molecular formula is C26H21ClN2O5S. The van der Waals surface area contributed by atoms with Crippen molar-refractivity contribution >= 4 is 35.3 Å². The van der Waals surface area contributed by atoms with E-state index in [1.54, 1.807) is 18.0 Å². The molecule has 1 N–H and O–H groups in total. The van der Waals surface area contributed by atoms with Gasteiger partial charge in [-0.15, -0.1) is 0 Å². The summed E-state index contributed by atoms with van der Waals surface area (Å²) in [6.45, 7) is 0.780. The number of morpholine rings is 1. The van der Waals surface area contributed by atoms with Crippen molar-refractivity contribution in [1.82, 2.24) is 10.3 Å². The smallest absolute Gasteiger partial charge is 0.333 e. The number of benzene rings is 2. The second-order valence-corrected chi connectivity index (χ2v) is 9.47. The number of aromatic nitrogens is 1. The van der Waals surface area contributed by atoms with Gasteiger partial charge in [0.2, 0.25) is 6.23 Å². The molecule has 1 unspecified atom stereocenters. The number of carbonyl (C=O) groups excluding carboxylic acids is 2. The minimum absolute atomic E-state index is 0.210. The zero-order chi connectivity index (χ0) is 24.3. The highest BCUT2D eigenvalue weighted by Crippen LogP contribution is 2.35. The Kier molecular flexibility index (Phi) is 6.88. The number of nitrogens with one attached hydrogen (secondary N) is 1. The van der Waals surface area contributed by atoms with Crippen LogP contribution in [0.15, 0.2) is 88.9 Å². The lowest BCUT2D eigenvalue weighted by molar-refractivity contribution is -0.292. The van der Waals surface area contributed by atoms with Gasteiger partial charge in [0.25, 0.3) is 5.79 Å². The van der Waals surface area contributed by atoms with Crippen LogP contribution in [0.1, 0.15) is 5.56 Å². The molecule has 0 radical (unpaired) electrons. The first-order chi connectivity index (χ1) is 17.0. The Morgan fingerprint density at radius 1 is 1.03 bits per heavy atom. The fraction of sp³-hybridized carbons (Fsp3) is 0.192. The molecule has 0 spiro atoms. The molecule has 1 saturated heterocycles. The normalized spacial score (nSPS) is 22.8. The van der Waals surface area contributed by atoms with Crippen molar-refractivity contribution in [2.45, 2.75) is 28.4 Å². The number of hydrogen-bond donors (Lipinski definition) is 1. The number of nitrogens with zero attached hydrogens (tertiary/aromatic N) is 1. The maximum atomic E-state index is 12.2. The fourth-order valence-corrected chi connectivity index (χ4v) is 4.96. The van der Waals surface area contributed by atoms with Crippen molar-refractivity contribution in [1.29, 1.82) is 0 Å². The number of fused-ring (bicyclic) bond motifs is 1. The standard InChI is InChI=1S/C26H21ClN2O5S/c27-19-7-5-18(6-8-19)21-2-1-13-28-24(21)35-20-9-3-17(4-10-20)16-26-25(29-14-15-32-26)33-22(30)11-12-23(31)34-26/h1-13,25,29H,14-16H2/b12-11+/t25?,26-/m0/s1. The Balaban J connectivity index is 1.36. The van der Waals surface area contributed by atoms with Gasteiger partial charge < -0.3 is 14.2 Å². The number of ether oxygens (including phenoxy) is 3. The number of rotatable bonds is 5. The summed E-state index contributed by atoms with van der Waals surface area (Å²) in [7, 11) is 0. The Hall–Kier alpha value is -3.17. The summed E-state index contributed by atoms with van der Waals surface area (Å²) >= 11 is 7.58. The van der Waals surface area contributed by atoms with E-state index in [0.717, 1.165) is 38.8 Å². The van der Waals surface area contributed by atoms with Crippen molar-refractivity contribution in [2.75, 3.05) is 13.2 Å². The summed E-state index contributed by atoms with van der Waals surface area (Å²) in [6, 6.07) is 19.4. The van der Waals surface area contributed by atoms with Crippen molar-refractivity contribution < 1.29 is 23.8 Å². The Bertz CT molecular complexity index is 1270. The first-order valence-corrected chi connectivity index (χ1v) is 12.2. The van der Waals surface area contributed by atoms with Gasteiger partial charge in [0, 0.05) is 46.8 Å². The van der Waals surface area contributed by atoms with Crippen LogP contribution in [0.4, 0.5) is 0 Å². The Morgan fingerprint density at radius 2 is 1.80 bits per heavy atom. The van der Waals surface area contributed by atoms with E-state index in [4.69, 9.17) is 25.8 Å². The maximum Gasteiger partial charge on any atom is 0.333 e. The van der Waals surface area contributed by atoms with E-state index in [1.165, 1.54) is 0 Å². The van der Waals surface area contributed by atoms with E-state index >= 15 is 0 Å². The van der Waals surface area contributed by atoms with Gasteiger partial charge in [0.1, 0.15) is 5.03 Å². The first kappa shape index (κ1) is 23.6. The number of esters is 2. The summed E-state index contributed by atoms with van der Waals surface area (Å²) in [5, 5.41) is 4.62. The van der Waals surface area contributed by atoms with Crippen molar-refractivity contribution in [2.24, 2.45) is 0 Å². The van der Waals surface area contributed by atoms with Crippen LogP contribution >= 0.6 is 23.4 Å². The summed E-state index contributed by atoms with van der Waals surface area (Å²) < 4.78 is 16.9. The Labute approximate surface area is 211 Å². The van der Waals surface area contributed by atoms with E-state index in [9.17, 15) is 9.59 Å². The number of carbonyl (C=O) groups is 2. The molecule has 2 atom stereocenters. The molecule has 3 heterocycles. The molecule has 0 saturated carbocycles. The number of halogens is 1. The largest absolute Gasteiger partial charge is 0.436 e. The SMILES string of the molecule is O=C1/C=C/C(=O)O[C@]2(Cc3ccc(Sc4ncccc4-c4ccc(Cl)cc4)cc3)OCCNC2O1. The number of pyridine rings is 1. The van der Waals surface area contributed by atoms with Crippen molar-refractivity contribution in [3.8, 4) is 11.1 Å². The van der Waals surface area contributed by atoms with Crippen molar-refractivity contribution in [3.05, 3.63) is 89.6 Å². The number of hydrogen-bond acceptors (Lipinski definition) is 8. The predicted octanol–water partition coefficient (Wildman–Crippen LogP) is 4.39. The second-order valence-electron chi connectivity index (χ2n) is 7.97. The molecular weight excluding hydrogens is 488 g/mol. The zero-order valence-corrected chi connectivity index (χ0v) is 20.1. The van der Waals surface area contributed by atoms with Crippen molar-refractivity contribution in [3.63, 3.8) is 0 Å². The molecule has 5 rings (SSSR count). The monoisotopic (exact) mass is 508 g/mol. The van der Waals surface area contributed by atoms with Crippen LogP contribution in [-0.4, -0.2) is 42.1 Å². The van der Waals surface area contributed by atoms with E-state index in [0.29, 0.717) is 18.2 Å². The van der Waals surface area contributed by atoms with Gasteiger partial charge in [-0.1, -0.05) is 53.7 Å². The third-order valence-corrected chi connectivity index (χ3v) is 6.83. The highest BCUT2D eigenvalue weighted by molar-refractivity contribution is 7.99. The first-order valence-electron chi connectivity index (χ1n) is 11.0. The Morgan fingerprint density at radius 3 is 2.60 bits per heavy atom. The van der Waals surface area contributed by atoms with E-state index in [-0.39, 0.29) is 6.42 Å². The highest BCUT2D eigenvalue weighted by atomic mass is 35.5. The summed E-state index contributed by atoms with van der Waals surface area (Å²) in [4.78, 5) is 29.7. The molecule has 35 heavy (non-hydrogen) atoms. The molecule has 1 fully saturated rings. The van der Waals surface area contributed by atoms with Crippen LogP contribution in [0, 0.1) is 0 Å². The minimum Gasteiger partial charge on any atom is -0.436 e. The summed E-state index contributed by atoms with van der Waals surface area (Å²) in [5.74, 6) is -2.74. The van der Waals surface area contributed by atoms with Gasteiger partial charge in [0.05, 0.1) is 6.61 Å². The molecule has 9 heteroatoms. The third-order valence-electron chi connectivity index (χ3n) is 5.56. The molecule has 178 valence electrons. The molecule has 0 amide bonds. The second kappa shape index (κ2) is 10.2. The van der Waals surface area contributed by atoms with E-state index in [1.807, 2.05) is 60.7 Å². The molecule has 2 aliphatic rings. The van der Waals surface area contributed by atoms with Crippen LogP contribution in [0.25, 0.3) is 11.1 Å². The lowest BCUT2D eigenvalue weighted by atomic mass is 10.0. The molecule has 2 aromatic carbocycles. The van der Waals surface area contributed by atoms with Gasteiger partial charge in [-0.3, -0.25) is 5.32 Å².